The van der Waals surface area contributed by atoms with Gasteiger partial charge in [-0.1, -0.05) is 18.2 Å². The lowest BCUT2D eigenvalue weighted by atomic mass is 9.84. The van der Waals surface area contributed by atoms with Gasteiger partial charge in [-0.05, 0) is 55.8 Å². The van der Waals surface area contributed by atoms with Gasteiger partial charge in [-0.2, -0.15) is 0 Å². The smallest absolute Gasteiger partial charge is 0.253 e. The molecule has 5 rings (SSSR count). The van der Waals surface area contributed by atoms with Crippen LogP contribution >= 0.6 is 11.8 Å². The minimum atomic E-state index is -0.0923. The molecular formula is C21H25N3O2S. The van der Waals surface area contributed by atoms with Crippen molar-refractivity contribution in [1.29, 1.82) is 0 Å². The van der Waals surface area contributed by atoms with Gasteiger partial charge in [0.15, 0.2) is 0 Å². The summed E-state index contributed by atoms with van der Waals surface area (Å²) in [6, 6.07) is 11.4. The molecule has 1 N–H and O–H groups in total. The van der Waals surface area contributed by atoms with Gasteiger partial charge < -0.3 is 14.8 Å². The summed E-state index contributed by atoms with van der Waals surface area (Å²) in [6.07, 6.45) is 6.04. The Kier molecular flexibility index (Phi) is 5.36. The summed E-state index contributed by atoms with van der Waals surface area (Å²) in [5.74, 6) is 0.499. The lowest BCUT2D eigenvalue weighted by Gasteiger charge is -2.44. The van der Waals surface area contributed by atoms with E-state index in [1.54, 1.807) is 28.6 Å². The number of hydrogen-bond donors (Lipinski definition) is 1. The van der Waals surface area contributed by atoms with Gasteiger partial charge in [0, 0.05) is 29.7 Å². The van der Waals surface area contributed by atoms with Crippen molar-refractivity contribution in [1.82, 2.24) is 14.8 Å². The maximum atomic E-state index is 12.8. The van der Waals surface area contributed by atoms with Crippen molar-refractivity contribution in [3.63, 3.8) is 0 Å². The number of aromatic nitrogens is 1. The minimum Gasteiger partial charge on any atom is -0.348 e. The number of carbonyl (C=O) groups is 1. The number of carbonyl (C=O) groups excluding carboxylic acids is 1. The van der Waals surface area contributed by atoms with Crippen LogP contribution in [0.5, 0.6) is 0 Å². The highest BCUT2D eigenvalue weighted by Gasteiger charge is 2.34. The molecule has 3 saturated heterocycles. The predicted molar refractivity (Wildman–Crippen MR) is 108 cm³/mol. The van der Waals surface area contributed by atoms with Crippen molar-refractivity contribution < 1.29 is 4.79 Å². The molecule has 0 radical (unpaired) electrons. The van der Waals surface area contributed by atoms with E-state index in [2.05, 4.69) is 16.3 Å². The van der Waals surface area contributed by atoms with Crippen LogP contribution in [0.2, 0.25) is 0 Å². The molecule has 1 unspecified atom stereocenters. The van der Waals surface area contributed by atoms with Gasteiger partial charge in [0.1, 0.15) is 0 Å². The van der Waals surface area contributed by atoms with Crippen molar-refractivity contribution in [2.24, 2.45) is 5.92 Å². The fourth-order valence-electron chi connectivity index (χ4n) is 4.19. The molecule has 1 aromatic carbocycles. The van der Waals surface area contributed by atoms with Gasteiger partial charge in [0.05, 0.1) is 12.1 Å². The molecule has 0 spiro atoms. The molecule has 6 heteroatoms. The number of thioether (sulfide) groups is 1. The molecule has 2 aromatic rings. The van der Waals surface area contributed by atoms with Crippen molar-refractivity contribution in [3.05, 3.63) is 64.1 Å². The van der Waals surface area contributed by atoms with E-state index in [1.807, 2.05) is 24.5 Å². The molecular weight excluding hydrogens is 358 g/mol. The largest absolute Gasteiger partial charge is 0.348 e. The monoisotopic (exact) mass is 383 g/mol. The lowest BCUT2D eigenvalue weighted by molar-refractivity contribution is 0.0620. The fraction of sp³-hybridized carbons (Fsp3) is 0.429. The summed E-state index contributed by atoms with van der Waals surface area (Å²) in [5.41, 5.74) is 1.54. The van der Waals surface area contributed by atoms with Crippen LogP contribution < -0.4 is 10.9 Å². The fourth-order valence-corrected chi connectivity index (χ4v) is 4.80. The molecule has 3 aliphatic heterocycles. The second kappa shape index (κ2) is 7.90. The molecule has 2 bridgehead atoms. The third kappa shape index (κ3) is 3.96. The Morgan fingerprint density at radius 3 is 2.67 bits per heavy atom. The van der Waals surface area contributed by atoms with Gasteiger partial charge in [0.25, 0.3) is 11.5 Å². The van der Waals surface area contributed by atoms with E-state index in [9.17, 15) is 9.59 Å². The number of benzene rings is 1. The Bertz CT molecular complexity index is 887. The van der Waals surface area contributed by atoms with Crippen LogP contribution in [0.1, 0.15) is 28.8 Å². The zero-order valence-electron chi connectivity index (χ0n) is 15.6. The number of rotatable bonds is 5. The summed E-state index contributed by atoms with van der Waals surface area (Å²) in [6.45, 7) is 3.71. The number of hydrogen-bond acceptors (Lipinski definition) is 4. The number of nitrogens with one attached hydrogen (secondary N) is 1. The molecule has 0 aliphatic carbocycles. The maximum absolute atomic E-state index is 12.8. The van der Waals surface area contributed by atoms with Crippen LogP contribution in [0.25, 0.3) is 0 Å². The first-order chi connectivity index (χ1) is 13.1. The standard InChI is InChI=1S/C21H25N3O2S/c1-27-19-5-3-2-4-16(19)12-24-13-17(6-7-20(24)25)21(26)22-18-14-23-10-8-15(18)9-11-23/h2-7,13,15,18H,8-12,14H2,1H3,(H,22,26). The number of amides is 1. The number of fused-ring (bicyclic) bond motifs is 3. The zero-order valence-corrected chi connectivity index (χ0v) is 16.4. The third-order valence-electron chi connectivity index (χ3n) is 5.75. The van der Waals surface area contributed by atoms with Crippen molar-refractivity contribution in [3.8, 4) is 0 Å². The molecule has 3 aliphatic rings. The molecule has 4 heterocycles. The summed E-state index contributed by atoms with van der Waals surface area (Å²) in [4.78, 5) is 28.7. The van der Waals surface area contributed by atoms with E-state index in [1.165, 1.54) is 6.07 Å². The topological polar surface area (TPSA) is 54.3 Å². The van der Waals surface area contributed by atoms with Gasteiger partial charge in [-0.15, -0.1) is 11.8 Å². The molecule has 0 saturated carbocycles. The second-order valence-electron chi connectivity index (χ2n) is 7.41. The average molecular weight is 384 g/mol. The molecule has 1 atom stereocenters. The van der Waals surface area contributed by atoms with Crippen LogP contribution in [-0.4, -0.2) is 47.3 Å². The van der Waals surface area contributed by atoms with Crippen LogP contribution in [0, 0.1) is 5.92 Å². The van der Waals surface area contributed by atoms with Crippen LogP contribution in [0.3, 0.4) is 0 Å². The summed E-state index contributed by atoms with van der Waals surface area (Å²) in [5, 5.41) is 3.20. The Morgan fingerprint density at radius 2 is 1.96 bits per heavy atom. The van der Waals surface area contributed by atoms with Gasteiger partial charge in [-0.3, -0.25) is 9.59 Å². The van der Waals surface area contributed by atoms with Crippen LogP contribution in [0.4, 0.5) is 0 Å². The van der Waals surface area contributed by atoms with Crippen molar-refractivity contribution >= 4 is 17.7 Å². The van der Waals surface area contributed by atoms with E-state index >= 15 is 0 Å². The molecule has 1 aromatic heterocycles. The number of piperidine rings is 3. The third-order valence-corrected chi connectivity index (χ3v) is 6.59. The Labute approximate surface area is 163 Å². The number of pyridine rings is 1. The van der Waals surface area contributed by atoms with Gasteiger partial charge in [-0.25, -0.2) is 0 Å². The van der Waals surface area contributed by atoms with Crippen molar-refractivity contribution in [2.45, 2.75) is 30.3 Å². The highest BCUT2D eigenvalue weighted by atomic mass is 32.2. The van der Waals surface area contributed by atoms with Gasteiger partial charge >= 0.3 is 0 Å². The highest BCUT2D eigenvalue weighted by Crippen LogP contribution is 2.27. The van der Waals surface area contributed by atoms with E-state index in [0.717, 1.165) is 42.9 Å². The van der Waals surface area contributed by atoms with Crippen LogP contribution in [0.15, 0.2) is 52.3 Å². The summed E-state index contributed by atoms with van der Waals surface area (Å²) in [7, 11) is 0. The van der Waals surface area contributed by atoms with E-state index in [0.29, 0.717) is 18.0 Å². The first kappa shape index (κ1) is 18.3. The highest BCUT2D eigenvalue weighted by molar-refractivity contribution is 7.98. The van der Waals surface area contributed by atoms with E-state index in [4.69, 9.17) is 0 Å². The van der Waals surface area contributed by atoms with E-state index < -0.39 is 0 Å². The maximum Gasteiger partial charge on any atom is 0.253 e. The first-order valence-electron chi connectivity index (χ1n) is 9.49. The minimum absolute atomic E-state index is 0.0827. The molecule has 1 amide bonds. The molecule has 27 heavy (non-hydrogen) atoms. The van der Waals surface area contributed by atoms with Gasteiger partial charge in [0.2, 0.25) is 0 Å². The van der Waals surface area contributed by atoms with E-state index in [-0.39, 0.29) is 17.5 Å². The Hall–Kier alpha value is -2.05. The Morgan fingerprint density at radius 1 is 1.19 bits per heavy atom. The molecule has 142 valence electrons. The lowest BCUT2D eigenvalue weighted by Crippen LogP contribution is -2.57. The summed E-state index contributed by atoms with van der Waals surface area (Å²) < 4.78 is 1.63. The van der Waals surface area contributed by atoms with Crippen molar-refractivity contribution in [2.75, 3.05) is 25.9 Å². The second-order valence-corrected chi connectivity index (χ2v) is 8.26. The Balaban J connectivity index is 1.51. The predicted octanol–water partition coefficient (Wildman–Crippen LogP) is 2.44. The average Bonchev–Trinajstić information content (AvgIpc) is 2.71. The zero-order chi connectivity index (χ0) is 18.8. The molecule has 5 nitrogen and oxygen atoms in total. The summed E-state index contributed by atoms with van der Waals surface area (Å²) >= 11 is 1.66. The first-order valence-corrected chi connectivity index (χ1v) is 10.7. The molecule has 3 fully saturated rings. The quantitative estimate of drug-likeness (QED) is 0.806. The van der Waals surface area contributed by atoms with Crippen LogP contribution in [-0.2, 0) is 6.54 Å². The number of nitrogens with zero attached hydrogens (tertiary/aromatic N) is 2. The SMILES string of the molecule is CSc1ccccc1Cn1cc(C(=O)NC2CN3CCC2CC3)ccc1=O. The normalized spacial score (nSPS) is 24.0.